The highest BCUT2D eigenvalue weighted by atomic mass is 16.6. The SMILES string of the molecule is CC(C)(C)OC(=O)NC(CNN)c1ccccc1. The first-order chi connectivity index (χ1) is 8.42. The largest absolute Gasteiger partial charge is 0.444 e. The van der Waals surface area contributed by atoms with Gasteiger partial charge < -0.3 is 10.1 Å². The van der Waals surface area contributed by atoms with Gasteiger partial charge in [0.1, 0.15) is 5.60 Å². The van der Waals surface area contributed by atoms with Crippen LogP contribution in [0.1, 0.15) is 32.4 Å². The van der Waals surface area contributed by atoms with Crippen LogP contribution in [0.3, 0.4) is 0 Å². The summed E-state index contributed by atoms with van der Waals surface area (Å²) in [6, 6.07) is 9.39. The summed E-state index contributed by atoms with van der Waals surface area (Å²) in [6.45, 7) is 5.91. The zero-order valence-corrected chi connectivity index (χ0v) is 11.1. The number of alkyl carbamates (subject to hydrolysis) is 1. The van der Waals surface area contributed by atoms with Gasteiger partial charge in [-0.25, -0.2) is 4.79 Å². The molecule has 1 rings (SSSR count). The van der Waals surface area contributed by atoms with Gasteiger partial charge in [0.15, 0.2) is 0 Å². The van der Waals surface area contributed by atoms with E-state index in [0.717, 1.165) is 5.56 Å². The maximum Gasteiger partial charge on any atom is 0.408 e. The van der Waals surface area contributed by atoms with Gasteiger partial charge in [0.25, 0.3) is 0 Å². The molecular formula is C13H21N3O2. The molecule has 5 nitrogen and oxygen atoms in total. The molecule has 5 heteroatoms. The number of ether oxygens (including phenoxy) is 1. The van der Waals surface area contributed by atoms with Crippen molar-refractivity contribution in [1.29, 1.82) is 0 Å². The highest BCUT2D eigenvalue weighted by Crippen LogP contribution is 2.13. The molecule has 0 bridgehead atoms. The molecule has 0 aliphatic heterocycles. The average molecular weight is 251 g/mol. The zero-order valence-electron chi connectivity index (χ0n) is 11.1. The third-order valence-electron chi connectivity index (χ3n) is 2.21. The van der Waals surface area contributed by atoms with E-state index in [1.807, 2.05) is 51.1 Å². The van der Waals surface area contributed by atoms with Gasteiger partial charge in [0.05, 0.1) is 6.04 Å². The minimum absolute atomic E-state index is 0.217. The lowest BCUT2D eigenvalue weighted by Gasteiger charge is -2.23. The summed E-state index contributed by atoms with van der Waals surface area (Å²) in [7, 11) is 0. The first kappa shape index (κ1) is 14.5. The zero-order chi connectivity index (χ0) is 13.6. The van der Waals surface area contributed by atoms with Crippen molar-refractivity contribution in [2.24, 2.45) is 5.84 Å². The summed E-state index contributed by atoms with van der Waals surface area (Å²) in [4.78, 5) is 11.7. The number of hydrogen-bond acceptors (Lipinski definition) is 4. The van der Waals surface area contributed by atoms with Crippen molar-refractivity contribution in [2.75, 3.05) is 6.54 Å². The predicted molar refractivity (Wildman–Crippen MR) is 70.7 cm³/mol. The minimum atomic E-state index is -0.512. The standard InChI is InChI=1S/C13H21N3O2/c1-13(2,3)18-12(17)16-11(9-15-14)10-7-5-4-6-8-10/h4-8,11,15H,9,14H2,1-3H3,(H,16,17). The fraction of sp³-hybridized carbons (Fsp3) is 0.462. The highest BCUT2D eigenvalue weighted by molar-refractivity contribution is 5.68. The van der Waals surface area contributed by atoms with Crippen molar-refractivity contribution in [3.8, 4) is 0 Å². The summed E-state index contributed by atoms with van der Waals surface area (Å²) < 4.78 is 5.22. The first-order valence-electron chi connectivity index (χ1n) is 5.90. The van der Waals surface area contributed by atoms with E-state index < -0.39 is 11.7 Å². The number of nitrogens with two attached hydrogens (primary N) is 1. The van der Waals surface area contributed by atoms with Gasteiger partial charge in [-0.3, -0.25) is 11.3 Å². The molecule has 1 aromatic rings. The quantitative estimate of drug-likeness (QED) is 0.562. The van der Waals surface area contributed by atoms with Gasteiger partial charge in [-0.1, -0.05) is 30.3 Å². The van der Waals surface area contributed by atoms with E-state index in [0.29, 0.717) is 6.54 Å². The molecule has 18 heavy (non-hydrogen) atoms. The van der Waals surface area contributed by atoms with Crippen LogP contribution in [0.4, 0.5) is 4.79 Å². The van der Waals surface area contributed by atoms with Gasteiger partial charge in [-0.15, -0.1) is 0 Å². The average Bonchev–Trinajstić information content (AvgIpc) is 2.27. The van der Waals surface area contributed by atoms with Crippen LogP contribution in [0.15, 0.2) is 30.3 Å². The molecule has 0 radical (unpaired) electrons. The monoisotopic (exact) mass is 251 g/mol. The Morgan fingerprint density at radius 2 is 1.94 bits per heavy atom. The summed E-state index contributed by atoms with van der Waals surface area (Å²) in [5, 5.41) is 2.79. The summed E-state index contributed by atoms with van der Waals surface area (Å²) in [5.74, 6) is 5.33. The summed E-state index contributed by atoms with van der Waals surface area (Å²) >= 11 is 0. The van der Waals surface area contributed by atoms with Crippen LogP contribution < -0.4 is 16.6 Å². The number of rotatable bonds is 4. The molecule has 0 saturated heterocycles. The number of hydrogen-bond donors (Lipinski definition) is 3. The van der Waals surface area contributed by atoms with Crippen molar-refractivity contribution >= 4 is 6.09 Å². The van der Waals surface area contributed by atoms with E-state index in [-0.39, 0.29) is 6.04 Å². The van der Waals surface area contributed by atoms with E-state index in [4.69, 9.17) is 10.6 Å². The Bertz CT molecular complexity index is 374. The van der Waals surface area contributed by atoms with Crippen LogP contribution in [0.2, 0.25) is 0 Å². The van der Waals surface area contributed by atoms with Crippen LogP contribution >= 0.6 is 0 Å². The van der Waals surface area contributed by atoms with Crippen molar-refractivity contribution in [3.63, 3.8) is 0 Å². The maximum absolute atomic E-state index is 11.7. The van der Waals surface area contributed by atoms with Gasteiger partial charge in [-0.05, 0) is 26.3 Å². The lowest BCUT2D eigenvalue weighted by molar-refractivity contribution is 0.0503. The van der Waals surface area contributed by atoms with E-state index in [9.17, 15) is 4.79 Å². The Kier molecular flexibility index (Phi) is 5.12. The van der Waals surface area contributed by atoms with Crippen LogP contribution in [-0.2, 0) is 4.74 Å². The molecule has 1 amide bonds. The van der Waals surface area contributed by atoms with Crippen LogP contribution in [-0.4, -0.2) is 18.2 Å². The predicted octanol–water partition coefficient (Wildman–Crippen LogP) is 1.72. The lowest BCUT2D eigenvalue weighted by Crippen LogP contribution is -2.40. The first-order valence-corrected chi connectivity index (χ1v) is 5.90. The lowest BCUT2D eigenvalue weighted by atomic mass is 10.1. The molecule has 0 heterocycles. The third kappa shape index (κ3) is 5.16. The van der Waals surface area contributed by atoms with E-state index >= 15 is 0 Å². The van der Waals surface area contributed by atoms with Crippen LogP contribution in [0.5, 0.6) is 0 Å². The molecule has 0 fully saturated rings. The number of carbonyl (C=O) groups excluding carboxylic acids is 1. The number of carbonyl (C=O) groups is 1. The molecule has 0 spiro atoms. The molecule has 1 unspecified atom stereocenters. The second kappa shape index (κ2) is 6.37. The van der Waals surface area contributed by atoms with Crippen molar-refractivity contribution < 1.29 is 9.53 Å². The van der Waals surface area contributed by atoms with Gasteiger partial charge in [0.2, 0.25) is 0 Å². The molecule has 4 N–H and O–H groups in total. The molecule has 0 aromatic heterocycles. The van der Waals surface area contributed by atoms with Crippen molar-refractivity contribution in [2.45, 2.75) is 32.4 Å². The summed E-state index contributed by atoms with van der Waals surface area (Å²) in [5.41, 5.74) is 3.03. The number of nitrogens with one attached hydrogen (secondary N) is 2. The van der Waals surface area contributed by atoms with Crippen molar-refractivity contribution in [1.82, 2.24) is 10.7 Å². The van der Waals surface area contributed by atoms with E-state index in [1.165, 1.54) is 0 Å². The highest BCUT2D eigenvalue weighted by Gasteiger charge is 2.19. The van der Waals surface area contributed by atoms with E-state index in [1.54, 1.807) is 0 Å². The van der Waals surface area contributed by atoms with Crippen LogP contribution in [0, 0.1) is 0 Å². The normalized spacial score (nSPS) is 12.9. The Morgan fingerprint density at radius 1 is 1.33 bits per heavy atom. The Labute approximate surface area is 108 Å². The molecule has 100 valence electrons. The number of benzene rings is 1. The second-order valence-electron chi connectivity index (χ2n) is 5.02. The van der Waals surface area contributed by atoms with Gasteiger partial charge in [-0.2, -0.15) is 0 Å². The number of hydrazine groups is 1. The van der Waals surface area contributed by atoms with Crippen molar-refractivity contribution in [3.05, 3.63) is 35.9 Å². The topological polar surface area (TPSA) is 76.4 Å². The molecule has 0 aliphatic carbocycles. The van der Waals surface area contributed by atoms with Gasteiger partial charge >= 0.3 is 6.09 Å². The fourth-order valence-electron chi connectivity index (χ4n) is 1.51. The summed E-state index contributed by atoms with van der Waals surface area (Å²) in [6.07, 6.45) is -0.452. The number of amides is 1. The molecule has 0 aliphatic rings. The Balaban J connectivity index is 2.67. The fourth-order valence-corrected chi connectivity index (χ4v) is 1.51. The third-order valence-corrected chi connectivity index (χ3v) is 2.21. The Morgan fingerprint density at radius 3 is 2.44 bits per heavy atom. The van der Waals surface area contributed by atoms with E-state index in [2.05, 4.69) is 10.7 Å². The van der Waals surface area contributed by atoms with Crippen LogP contribution in [0.25, 0.3) is 0 Å². The molecular weight excluding hydrogens is 230 g/mol. The molecule has 1 aromatic carbocycles. The molecule has 0 saturated carbocycles. The maximum atomic E-state index is 11.7. The van der Waals surface area contributed by atoms with Gasteiger partial charge in [0, 0.05) is 6.54 Å². The second-order valence-corrected chi connectivity index (χ2v) is 5.02. The Hall–Kier alpha value is -1.59. The minimum Gasteiger partial charge on any atom is -0.444 e. The smallest absolute Gasteiger partial charge is 0.408 e. The molecule has 1 atom stereocenters.